The number of aromatic nitrogens is 3. The van der Waals surface area contributed by atoms with Crippen LogP contribution in [0.3, 0.4) is 0 Å². The molecule has 1 aliphatic carbocycles. The molecule has 1 saturated carbocycles. The summed E-state index contributed by atoms with van der Waals surface area (Å²) in [5.74, 6) is -5.30. The number of benzene rings is 2. The highest BCUT2D eigenvalue weighted by Crippen LogP contribution is 2.46. The fourth-order valence-corrected chi connectivity index (χ4v) is 13.5. The number of aliphatic hydroxyl groups is 1. The minimum Gasteiger partial charge on any atom is -0.490 e. The Labute approximate surface area is 521 Å². The number of halogens is 2. The average Bonchev–Trinajstić information content (AvgIpc) is 1.48. The molecule has 5 N–H and O–H groups in total. The van der Waals surface area contributed by atoms with Gasteiger partial charge in [0.25, 0.3) is 11.5 Å². The SMILES string of the molecule is CC[C@@]1(O)C(=O)OCc2c1cc1n(c2=O)Cc2c-1nc1cc(F)c(NC(=O)[C@H](C)NC(=O)[C@@H](NC(=O)CCOCCOCCOCCOCCOCCOCCOCCOCCNC(=O)c3cc4sc(S(=O)(=O)C5CC5)nc4cc3F)C(C)C)c3c1c2CCO3. The third-order valence-corrected chi connectivity index (χ3v) is 19.1. The summed E-state index contributed by atoms with van der Waals surface area (Å²) >= 11 is 0.934. The number of fused-ring (bicyclic) bond motifs is 6. The quantitative estimate of drug-likeness (QED) is 0.0276. The van der Waals surface area contributed by atoms with Gasteiger partial charge in [0.05, 0.1) is 162 Å². The Balaban J connectivity index is 0.560. The van der Waals surface area contributed by atoms with Crippen molar-refractivity contribution < 1.29 is 93.6 Å². The van der Waals surface area contributed by atoms with Gasteiger partial charge in [-0.05, 0) is 49.8 Å². The molecule has 30 heteroatoms. The largest absolute Gasteiger partial charge is 0.490 e. The molecule has 0 unspecified atom stereocenters. The van der Waals surface area contributed by atoms with Crippen LogP contribution in [0.25, 0.3) is 32.5 Å². The number of carbonyl (C=O) groups excluding carboxylic acids is 5. The predicted octanol–water partition coefficient (Wildman–Crippen LogP) is 3.38. The van der Waals surface area contributed by atoms with Gasteiger partial charge in [0.15, 0.2) is 17.2 Å². The van der Waals surface area contributed by atoms with Gasteiger partial charge in [-0.2, -0.15) is 0 Å². The first-order chi connectivity index (χ1) is 43.3. The number of sulfone groups is 1. The molecular formula is C60H75F2N7O19S2. The molecule has 4 amide bonds. The number of thiazole rings is 1. The molecule has 26 nitrogen and oxygen atoms in total. The number of pyridine rings is 2. The van der Waals surface area contributed by atoms with E-state index in [-0.39, 0.29) is 122 Å². The molecule has 0 saturated heterocycles. The number of esters is 1. The summed E-state index contributed by atoms with van der Waals surface area (Å²) in [6.07, 6.45) is 1.49. The molecule has 90 heavy (non-hydrogen) atoms. The summed E-state index contributed by atoms with van der Waals surface area (Å²) in [5, 5.41) is 21.8. The lowest BCUT2D eigenvalue weighted by Crippen LogP contribution is -2.53. The first-order valence-corrected chi connectivity index (χ1v) is 32.3. The van der Waals surface area contributed by atoms with E-state index >= 15 is 4.39 Å². The maximum atomic E-state index is 16.1. The van der Waals surface area contributed by atoms with Gasteiger partial charge in [0.2, 0.25) is 31.9 Å². The fraction of sp³-hybridized carbons (Fsp3) is 0.567. The van der Waals surface area contributed by atoms with Crippen LogP contribution < -0.4 is 31.6 Å². The molecule has 9 rings (SSSR count). The van der Waals surface area contributed by atoms with Crippen molar-refractivity contribution in [3.63, 3.8) is 0 Å². The van der Waals surface area contributed by atoms with Gasteiger partial charge < -0.3 is 78.3 Å². The molecule has 3 aromatic heterocycles. The Kier molecular flexibility index (Phi) is 23.4. The molecule has 0 spiro atoms. The van der Waals surface area contributed by atoms with Gasteiger partial charge in [-0.1, -0.05) is 20.8 Å². The zero-order valence-electron chi connectivity index (χ0n) is 50.5. The zero-order valence-corrected chi connectivity index (χ0v) is 52.1. The lowest BCUT2D eigenvalue weighted by Gasteiger charge is -2.31. The maximum Gasteiger partial charge on any atom is 0.343 e. The van der Waals surface area contributed by atoms with E-state index < -0.39 is 79.6 Å². The Morgan fingerprint density at radius 3 is 1.92 bits per heavy atom. The number of hydrogen-bond acceptors (Lipinski definition) is 22. The summed E-state index contributed by atoms with van der Waals surface area (Å²) in [5.41, 5.74) is 0.00448. The van der Waals surface area contributed by atoms with Crippen molar-refractivity contribution in [2.24, 2.45) is 5.92 Å². The monoisotopic (exact) mass is 1300 g/mol. The second-order valence-corrected chi connectivity index (χ2v) is 25.4. The molecule has 5 aromatic rings. The molecule has 3 aliphatic heterocycles. The minimum absolute atomic E-state index is 0.0254. The first kappa shape index (κ1) is 67.7. The number of cyclic esters (lactones) is 1. The number of nitrogens with zero attached hydrogens (tertiary/aromatic N) is 3. The average molecular weight is 1300 g/mol. The van der Waals surface area contributed by atoms with E-state index in [0.717, 1.165) is 29.0 Å². The maximum absolute atomic E-state index is 16.1. The zero-order chi connectivity index (χ0) is 64.1. The van der Waals surface area contributed by atoms with Crippen molar-refractivity contribution in [1.82, 2.24) is 30.5 Å². The van der Waals surface area contributed by atoms with Crippen LogP contribution in [0.1, 0.15) is 86.0 Å². The molecule has 6 heterocycles. The van der Waals surface area contributed by atoms with Crippen LogP contribution in [0.4, 0.5) is 14.5 Å². The Hall–Kier alpha value is -6.71. The van der Waals surface area contributed by atoms with Gasteiger partial charge in [-0.15, -0.1) is 11.3 Å². The second kappa shape index (κ2) is 31.1. The fourth-order valence-electron chi connectivity index (χ4n) is 10.3. The summed E-state index contributed by atoms with van der Waals surface area (Å²) in [6.45, 7) is 11.5. The normalized spacial score (nSPS) is 16.5. The third-order valence-electron chi connectivity index (χ3n) is 15.4. The third kappa shape index (κ3) is 16.1. The summed E-state index contributed by atoms with van der Waals surface area (Å²) in [6, 6.07) is 2.94. The number of carbonyl (C=O) groups is 5. The van der Waals surface area contributed by atoms with E-state index in [4.69, 9.17) is 52.4 Å². The van der Waals surface area contributed by atoms with Crippen molar-refractivity contribution in [1.29, 1.82) is 0 Å². The van der Waals surface area contributed by atoms with Crippen LogP contribution in [0.15, 0.2) is 33.4 Å². The molecule has 4 aliphatic rings. The van der Waals surface area contributed by atoms with E-state index in [1.807, 2.05) is 0 Å². The van der Waals surface area contributed by atoms with Gasteiger partial charge in [0.1, 0.15) is 30.2 Å². The van der Waals surface area contributed by atoms with Crippen molar-refractivity contribution >= 4 is 77.6 Å². The number of hydrogen-bond donors (Lipinski definition) is 5. The summed E-state index contributed by atoms with van der Waals surface area (Å²) in [7, 11) is -3.52. The van der Waals surface area contributed by atoms with Crippen LogP contribution in [-0.2, 0) is 96.8 Å². The lowest BCUT2D eigenvalue weighted by molar-refractivity contribution is -0.172. The molecule has 2 aromatic carbocycles. The first-order valence-electron chi connectivity index (χ1n) is 29.9. The predicted molar refractivity (Wildman–Crippen MR) is 320 cm³/mol. The standard InChI is InChI=1S/C60H75F2N7O19S2/c1-5-60(76)41-29-46-51-39(32-69(46)57(74)40(41)33-88-58(60)75)37-8-12-87-53-49(37)45(65-51)31-43(62)52(53)68-54(71)35(4)64-56(73)50(34(2)3)67-48(70)9-11-79-14-16-81-18-20-83-22-24-85-26-27-86-25-23-84-21-19-82-17-15-80-13-10-63-55(72)38-28-47-44(30-42(38)61)66-59(89-47)90(77,78)36-6-7-36/h28-31,34-36,50,76H,5-27,32-33H2,1-4H3,(H,63,72)(H,64,73)(H,67,70)(H,68,71)/t35-,50-,60-/m0/s1. The van der Waals surface area contributed by atoms with Crippen molar-refractivity contribution in [2.45, 2.75) is 100 Å². The van der Waals surface area contributed by atoms with E-state index in [2.05, 4.69) is 26.3 Å². The molecule has 0 radical (unpaired) electrons. The summed E-state index contributed by atoms with van der Waals surface area (Å²) in [4.78, 5) is 87.8. The number of nitrogens with one attached hydrogen (secondary N) is 4. The van der Waals surface area contributed by atoms with E-state index in [0.29, 0.717) is 119 Å². The van der Waals surface area contributed by atoms with Crippen LogP contribution in [0.2, 0.25) is 0 Å². The van der Waals surface area contributed by atoms with Crippen molar-refractivity contribution in [3.8, 4) is 17.1 Å². The highest BCUT2D eigenvalue weighted by atomic mass is 32.2. The Morgan fingerprint density at radius 1 is 0.744 bits per heavy atom. The van der Waals surface area contributed by atoms with E-state index in [9.17, 15) is 46.7 Å². The van der Waals surface area contributed by atoms with Crippen molar-refractivity contribution in [3.05, 3.63) is 74.1 Å². The van der Waals surface area contributed by atoms with Crippen LogP contribution >= 0.6 is 11.3 Å². The number of rotatable bonds is 37. The van der Waals surface area contributed by atoms with E-state index in [1.54, 1.807) is 26.8 Å². The Morgan fingerprint density at radius 2 is 1.33 bits per heavy atom. The lowest BCUT2D eigenvalue weighted by atomic mass is 9.86. The van der Waals surface area contributed by atoms with Crippen LogP contribution in [0, 0.1) is 17.6 Å². The van der Waals surface area contributed by atoms with Crippen LogP contribution in [-0.4, -0.2) is 194 Å². The van der Waals surface area contributed by atoms with Crippen LogP contribution in [0.5, 0.6) is 5.75 Å². The van der Waals surface area contributed by atoms with Gasteiger partial charge >= 0.3 is 5.97 Å². The second-order valence-electron chi connectivity index (χ2n) is 22.0. The topological polar surface area (TPSA) is 328 Å². The number of amides is 4. The minimum atomic E-state index is -3.52. The van der Waals surface area contributed by atoms with Crippen molar-refractivity contribution in [2.75, 3.05) is 124 Å². The van der Waals surface area contributed by atoms with Gasteiger partial charge in [0, 0.05) is 48.0 Å². The smallest absolute Gasteiger partial charge is 0.343 e. The van der Waals surface area contributed by atoms with E-state index in [1.165, 1.54) is 17.6 Å². The molecule has 1 fully saturated rings. The molecular weight excluding hydrogens is 1220 g/mol. The molecule has 0 bridgehead atoms. The Bertz CT molecular complexity index is 3620. The molecule has 490 valence electrons. The highest BCUT2D eigenvalue weighted by Gasteiger charge is 2.46. The molecule has 3 atom stereocenters. The number of ether oxygens (including phenoxy) is 10. The summed E-state index contributed by atoms with van der Waals surface area (Å²) < 4.78 is 113. The van der Waals surface area contributed by atoms with Gasteiger partial charge in [-0.25, -0.2) is 32.0 Å². The highest BCUT2D eigenvalue weighted by molar-refractivity contribution is 7.94. The number of anilines is 1. The van der Waals surface area contributed by atoms with Gasteiger partial charge in [-0.3, -0.25) is 24.0 Å².